The number of aromatic nitrogens is 4. The van der Waals surface area contributed by atoms with Gasteiger partial charge in [0.05, 0.1) is 12.2 Å². The normalized spacial score (nSPS) is 16.2. The highest BCUT2D eigenvalue weighted by Crippen LogP contribution is 2.38. The molecule has 0 saturated heterocycles. The molecule has 0 aliphatic carbocycles. The molecular weight excluding hydrogens is 377 g/mol. The maximum absolute atomic E-state index is 14.8. The molecular formula is C20H18FN5O3. The number of H-pyrrole nitrogens is 1. The van der Waals surface area contributed by atoms with Gasteiger partial charge in [-0.2, -0.15) is 0 Å². The van der Waals surface area contributed by atoms with Crippen LogP contribution in [0, 0.1) is 5.82 Å². The number of fused-ring (bicyclic) bond motifs is 4. The minimum Gasteiger partial charge on any atom is -0.486 e. The van der Waals surface area contributed by atoms with E-state index >= 15 is 0 Å². The summed E-state index contributed by atoms with van der Waals surface area (Å²) in [6, 6.07) is 8.37. The van der Waals surface area contributed by atoms with E-state index in [9.17, 15) is 9.18 Å². The van der Waals surface area contributed by atoms with Crippen molar-refractivity contribution in [2.24, 2.45) is 0 Å². The summed E-state index contributed by atoms with van der Waals surface area (Å²) in [6.07, 6.45) is 1.65. The second kappa shape index (κ2) is 7.16. The molecule has 2 bridgehead atoms. The lowest BCUT2D eigenvalue weighted by Crippen LogP contribution is -2.30. The number of halogens is 1. The maximum Gasteiger partial charge on any atom is 0.227 e. The van der Waals surface area contributed by atoms with Crippen molar-refractivity contribution >= 4 is 11.6 Å². The third-order valence-corrected chi connectivity index (χ3v) is 5.11. The van der Waals surface area contributed by atoms with Crippen LogP contribution in [-0.2, 0) is 17.8 Å². The Labute approximate surface area is 165 Å². The molecule has 8 nitrogen and oxygen atoms in total. The first-order chi connectivity index (χ1) is 14.2. The number of anilines is 1. The van der Waals surface area contributed by atoms with Gasteiger partial charge in [0, 0.05) is 12.0 Å². The fraction of sp³-hybridized carbons (Fsp3) is 0.300. The Hall–Kier alpha value is -3.49. The van der Waals surface area contributed by atoms with Gasteiger partial charge in [-0.25, -0.2) is 9.49 Å². The van der Waals surface area contributed by atoms with Crippen molar-refractivity contribution in [1.82, 2.24) is 20.6 Å². The molecule has 1 amide bonds. The van der Waals surface area contributed by atoms with Crippen LogP contribution >= 0.6 is 0 Å². The van der Waals surface area contributed by atoms with Gasteiger partial charge in [0.25, 0.3) is 0 Å². The molecule has 5 rings (SSSR count). The molecule has 2 aromatic carbocycles. The number of carbonyl (C=O) groups excluding carboxylic acids is 1. The molecule has 2 aliphatic rings. The summed E-state index contributed by atoms with van der Waals surface area (Å²) in [5.74, 6) is 1.22. The van der Waals surface area contributed by atoms with Gasteiger partial charge in [-0.3, -0.25) is 4.79 Å². The molecule has 3 aromatic rings. The van der Waals surface area contributed by atoms with E-state index in [-0.39, 0.29) is 18.1 Å². The van der Waals surface area contributed by atoms with E-state index in [0.29, 0.717) is 49.6 Å². The highest BCUT2D eigenvalue weighted by atomic mass is 19.1. The Morgan fingerprint density at radius 2 is 2.00 bits per heavy atom. The summed E-state index contributed by atoms with van der Waals surface area (Å²) in [4.78, 5) is 14.4. The Morgan fingerprint density at radius 3 is 2.86 bits per heavy atom. The molecule has 29 heavy (non-hydrogen) atoms. The predicted molar refractivity (Wildman–Crippen MR) is 101 cm³/mol. The van der Waals surface area contributed by atoms with Crippen molar-refractivity contribution < 1.29 is 18.7 Å². The lowest BCUT2D eigenvalue weighted by atomic mass is 10.0. The number of aromatic amines is 1. The fourth-order valence-corrected chi connectivity index (χ4v) is 3.77. The Balaban J connectivity index is 1.56. The standard InChI is InChI=1S/C20H18FN5O3/c21-15-5-4-14(20-22-24-25-23-20)10-16(15)26-11-12-8-13(2-1-3-18(26)27)19-17(9-12)28-6-7-29-19/h4-5,8-10H,1-3,6-7,11H2,(H,22,23,24,25). The number of carbonyl (C=O) groups is 1. The number of ether oxygens (including phenoxy) is 2. The Morgan fingerprint density at radius 1 is 1.10 bits per heavy atom. The first-order valence-corrected chi connectivity index (χ1v) is 9.44. The highest BCUT2D eigenvalue weighted by molar-refractivity contribution is 5.94. The van der Waals surface area contributed by atoms with Crippen LogP contribution in [0.15, 0.2) is 30.3 Å². The number of hydrogen-bond donors (Lipinski definition) is 1. The monoisotopic (exact) mass is 395 g/mol. The van der Waals surface area contributed by atoms with Crippen molar-refractivity contribution in [3.8, 4) is 22.9 Å². The zero-order valence-electron chi connectivity index (χ0n) is 15.5. The highest BCUT2D eigenvalue weighted by Gasteiger charge is 2.25. The first kappa shape index (κ1) is 17.6. The van der Waals surface area contributed by atoms with Crippen LogP contribution in [0.3, 0.4) is 0 Å². The average Bonchev–Trinajstić information content (AvgIpc) is 3.28. The van der Waals surface area contributed by atoms with Gasteiger partial charge in [-0.05, 0) is 58.7 Å². The zero-order chi connectivity index (χ0) is 19.8. The lowest BCUT2D eigenvalue weighted by molar-refractivity contribution is -0.118. The Kier molecular flexibility index (Phi) is 4.34. The molecule has 0 fully saturated rings. The number of benzene rings is 2. The van der Waals surface area contributed by atoms with Crippen LogP contribution in [0.25, 0.3) is 11.4 Å². The number of hydrogen-bond acceptors (Lipinski definition) is 6. The van der Waals surface area contributed by atoms with Crippen LogP contribution in [-0.4, -0.2) is 39.7 Å². The molecule has 148 valence electrons. The molecule has 9 heteroatoms. The summed E-state index contributed by atoms with van der Waals surface area (Å²) < 4.78 is 26.3. The third kappa shape index (κ3) is 3.28. The van der Waals surface area contributed by atoms with Gasteiger partial charge in [-0.1, -0.05) is 6.07 Å². The van der Waals surface area contributed by atoms with E-state index in [2.05, 4.69) is 20.6 Å². The van der Waals surface area contributed by atoms with Crippen LogP contribution in [0.5, 0.6) is 11.5 Å². The summed E-state index contributed by atoms with van der Waals surface area (Å²) in [5, 5.41) is 13.6. The predicted octanol–water partition coefficient (Wildman–Crippen LogP) is 2.65. The third-order valence-electron chi connectivity index (χ3n) is 5.11. The second-order valence-electron chi connectivity index (χ2n) is 7.03. The topological polar surface area (TPSA) is 93.2 Å². The summed E-state index contributed by atoms with van der Waals surface area (Å²) in [6.45, 7) is 1.23. The lowest BCUT2D eigenvalue weighted by Gasteiger charge is -2.25. The molecule has 0 unspecified atom stereocenters. The SMILES string of the molecule is O=C1CCCc2cc(cc3c2OCCO3)CN1c1cc(-c2nnn[nH]2)ccc1F. The van der Waals surface area contributed by atoms with E-state index in [1.165, 1.54) is 11.0 Å². The fourth-order valence-electron chi connectivity index (χ4n) is 3.77. The van der Waals surface area contributed by atoms with Crippen LogP contribution in [0.2, 0.25) is 0 Å². The van der Waals surface area contributed by atoms with E-state index in [4.69, 9.17) is 9.47 Å². The van der Waals surface area contributed by atoms with Crippen molar-refractivity contribution in [3.63, 3.8) is 0 Å². The zero-order valence-corrected chi connectivity index (χ0v) is 15.5. The molecule has 0 spiro atoms. The number of aryl methyl sites for hydroxylation is 1. The molecule has 1 N–H and O–H groups in total. The number of nitrogens with one attached hydrogen (secondary N) is 1. The van der Waals surface area contributed by atoms with Crippen molar-refractivity contribution in [3.05, 3.63) is 47.3 Å². The van der Waals surface area contributed by atoms with Gasteiger partial charge in [0.15, 0.2) is 17.3 Å². The minimum atomic E-state index is -0.480. The maximum atomic E-state index is 14.8. The van der Waals surface area contributed by atoms with E-state index < -0.39 is 5.82 Å². The van der Waals surface area contributed by atoms with Gasteiger partial charge >= 0.3 is 0 Å². The minimum absolute atomic E-state index is 0.140. The van der Waals surface area contributed by atoms with Gasteiger partial charge in [-0.15, -0.1) is 5.10 Å². The quantitative estimate of drug-likeness (QED) is 0.717. The van der Waals surface area contributed by atoms with Gasteiger partial charge in [0.1, 0.15) is 19.0 Å². The first-order valence-electron chi connectivity index (χ1n) is 9.44. The van der Waals surface area contributed by atoms with Crippen LogP contribution in [0.1, 0.15) is 24.0 Å². The van der Waals surface area contributed by atoms with Crippen molar-refractivity contribution in [2.45, 2.75) is 25.8 Å². The summed E-state index contributed by atoms with van der Waals surface area (Å²) in [7, 11) is 0. The van der Waals surface area contributed by atoms with E-state index in [0.717, 1.165) is 16.9 Å². The number of nitrogens with zero attached hydrogens (tertiary/aromatic N) is 4. The van der Waals surface area contributed by atoms with E-state index in [1.54, 1.807) is 12.1 Å². The number of rotatable bonds is 2. The summed E-state index contributed by atoms with van der Waals surface area (Å²) in [5.41, 5.74) is 2.68. The van der Waals surface area contributed by atoms with Crippen LogP contribution in [0.4, 0.5) is 10.1 Å². The molecule has 1 aromatic heterocycles. The number of amides is 1. The van der Waals surface area contributed by atoms with Gasteiger partial charge in [0.2, 0.25) is 5.91 Å². The van der Waals surface area contributed by atoms with Crippen molar-refractivity contribution in [1.29, 1.82) is 0 Å². The van der Waals surface area contributed by atoms with Crippen molar-refractivity contribution in [2.75, 3.05) is 18.1 Å². The second-order valence-corrected chi connectivity index (χ2v) is 7.03. The molecule has 2 aliphatic heterocycles. The molecule has 0 saturated carbocycles. The molecule has 0 radical (unpaired) electrons. The van der Waals surface area contributed by atoms with Crippen LogP contribution < -0.4 is 14.4 Å². The van der Waals surface area contributed by atoms with E-state index in [1.807, 2.05) is 12.1 Å². The largest absolute Gasteiger partial charge is 0.486 e. The van der Waals surface area contributed by atoms with Gasteiger partial charge < -0.3 is 14.4 Å². The average molecular weight is 395 g/mol. The smallest absolute Gasteiger partial charge is 0.227 e. The molecule has 0 atom stereocenters. The Bertz CT molecular complexity index is 1070. The summed E-state index contributed by atoms with van der Waals surface area (Å²) >= 11 is 0. The number of tetrazole rings is 1. The molecule has 3 heterocycles.